The SMILES string of the molecule is CC[C@H](C)C(NS(=O)(=O)c1ccc(Cl)s1)[C@@H](O)c1ccc(SC)cc1. The third-order valence-corrected chi connectivity index (χ3v) is 8.09. The van der Waals surface area contributed by atoms with Gasteiger partial charge in [0.15, 0.2) is 0 Å². The van der Waals surface area contributed by atoms with E-state index in [0.717, 1.165) is 22.7 Å². The van der Waals surface area contributed by atoms with Crippen molar-refractivity contribution < 1.29 is 13.5 Å². The van der Waals surface area contributed by atoms with Crippen molar-refractivity contribution in [1.82, 2.24) is 4.72 Å². The number of halogens is 1. The largest absolute Gasteiger partial charge is 0.387 e. The molecule has 0 saturated carbocycles. The van der Waals surface area contributed by atoms with Gasteiger partial charge in [-0.05, 0) is 42.0 Å². The summed E-state index contributed by atoms with van der Waals surface area (Å²) in [5.41, 5.74) is 0.690. The molecule has 1 aromatic carbocycles. The maximum absolute atomic E-state index is 12.6. The van der Waals surface area contributed by atoms with Gasteiger partial charge in [0, 0.05) is 4.90 Å². The van der Waals surface area contributed by atoms with E-state index in [4.69, 9.17) is 11.6 Å². The van der Waals surface area contributed by atoms with E-state index in [1.807, 2.05) is 44.4 Å². The zero-order valence-electron chi connectivity index (χ0n) is 14.3. The number of rotatable bonds is 8. The van der Waals surface area contributed by atoms with Crippen LogP contribution in [-0.2, 0) is 10.0 Å². The van der Waals surface area contributed by atoms with Crippen LogP contribution in [0.4, 0.5) is 0 Å². The van der Waals surface area contributed by atoms with Crippen molar-refractivity contribution in [3.63, 3.8) is 0 Å². The summed E-state index contributed by atoms with van der Waals surface area (Å²) >= 11 is 8.47. The average Bonchev–Trinajstić information content (AvgIpc) is 3.06. The minimum absolute atomic E-state index is 0.0413. The van der Waals surface area contributed by atoms with E-state index in [-0.39, 0.29) is 10.1 Å². The Kier molecular flexibility index (Phi) is 7.37. The topological polar surface area (TPSA) is 66.4 Å². The van der Waals surface area contributed by atoms with Gasteiger partial charge in [-0.3, -0.25) is 0 Å². The number of thioether (sulfide) groups is 1. The van der Waals surface area contributed by atoms with Crippen molar-refractivity contribution in [2.75, 3.05) is 6.26 Å². The molecule has 4 nitrogen and oxygen atoms in total. The quantitative estimate of drug-likeness (QED) is 0.616. The van der Waals surface area contributed by atoms with Gasteiger partial charge in [-0.2, -0.15) is 0 Å². The highest BCUT2D eigenvalue weighted by atomic mass is 35.5. The standard InChI is InChI=1S/C17H22ClNO3S3/c1-4-11(2)16(17(20)12-5-7-13(23-3)8-6-12)19-25(21,22)15-10-9-14(18)24-15/h5-11,16-17,19-20H,4H2,1-3H3/t11-,16?,17-/m0/s1. The minimum Gasteiger partial charge on any atom is -0.387 e. The molecule has 0 aliphatic carbocycles. The van der Waals surface area contributed by atoms with Crippen LogP contribution in [-0.4, -0.2) is 25.8 Å². The predicted molar refractivity (Wildman–Crippen MR) is 106 cm³/mol. The molecule has 0 radical (unpaired) electrons. The zero-order chi connectivity index (χ0) is 18.6. The molecule has 2 aromatic rings. The Morgan fingerprint density at radius 2 is 1.88 bits per heavy atom. The lowest BCUT2D eigenvalue weighted by Gasteiger charge is -2.29. The maximum atomic E-state index is 12.6. The Balaban J connectivity index is 2.28. The molecule has 25 heavy (non-hydrogen) atoms. The van der Waals surface area contributed by atoms with Gasteiger partial charge >= 0.3 is 0 Å². The van der Waals surface area contributed by atoms with Gasteiger partial charge in [-0.15, -0.1) is 23.1 Å². The number of aliphatic hydroxyl groups is 1. The van der Waals surface area contributed by atoms with E-state index < -0.39 is 22.2 Å². The molecule has 0 fully saturated rings. The van der Waals surface area contributed by atoms with E-state index in [9.17, 15) is 13.5 Å². The van der Waals surface area contributed by atoms with E-state index in [1.165, 1.54) is 6.07 Å². The van der Waals surface area contributed by atoms with Gasteiger partial charge in [-0.25, -0.2) is 13.1 Å². The van der Waals surface area contributed by atoms with Crippen molar-refractivity contribution in [1.29, 1.82) is 0 Å². The number of nitrogens with one attached hydrogen (secondary N) is 1. The second kappa shape index (κ2) is 8.88. The van der Waals surface area contributed by atoms with Gasteiger partial charge in [0.1, 0.15) is 4.21 Å². The van der Waals surface area contributed by atoms with Crippen LogP contribution in [0, 0.1) is 5.92 Å². The van der Waals surface area contributed by atoms with E-state index in [0.29, 0.717) is 9.90 Å². The Morgan fingerprint density at radius 1 is 1.24 bits per heavy atom. The Bertz CT molecular complexity index is 790. The molecule has 0 saturated heterocycles. The molecule has 0 aliphatic heterocycles. The predicted octanol–water partition coefficient (Wildman–Crippen LogP) is 4.55. The van der Waals surface area contributed by atoms with Crippen molar-refractivity contribution >= 4 is 44.7 Å². The molecular formula is C17H22ClNO3S3. The molecule has 1 heterocycles. The molecule has 2 rings (SSSR count). The highest BCUT2D eigenvalue weighted by Gasteiger charge is 2.31. The fourth-order valence-corrected chi connectivity index (χ4v) is 5.69. The second-order valence-electron chi connectivity index (χ2n) is 5.81. The molecule has 0 amide bonds. The maximum Gasteiger partial charge on any atom is 0.250 e. The number of benzene rings is 1. The van der Waals surface area contributed by atoms with E-state index in [1.54, 1.807) is 17.8 Å². The number of thiophene rings is 1. The Hall–Kier alpha value is -0.570. The first-order valence-electron chi connectivity index (χ1n) is 7.88. The first kappa shape index (κ1) is 20.7. The number of hydrogen-bond acceptors (Lipinski definition) is 5. The van der Waals surface area contributed by atoms with E-state index >= 15 is 0 Å². The molecule has 138 valence electrons. The van der Waals surface area contributed by atoms with Gasteiger partial charge in [-0.1, -0.05) is 44.0 Å². The normalized spacial score (nSPS) is 15.7. The van der Waals surface area contributed by atoms with Gasteiger partial charge in [0.25, 0.3) is 0 Å². The number of aliphatic hydroxyl groups excluding tert-OH is 1. The monoisotopic (exact) mass is 419 g/mol. The summed E-state index contributed by atoms with van der Waals surface area (Å²) in [7, 11) is -3.74. The summed E-state index contributed by atoms with van der Waals surface area (Å²) < 4.78 is 28.5. The van der Waals surface area contributed by atoms with Crippen molar-refractivity contribution in [2.45, 2.75) is 41.5 Å². The molecule has 1 unspecified atom stereocenters. The molecule has 0 aliphatic rings. The van der Waals surface area contributed by atoms with Crippen LogP contribution in [0.2, 0.25) is 4.34 Å². The lowest BCUT2D eigenvalue weighted by atomic mass is 9.91. The van der Waals surface area contributed by atoms with Crippen LogP contribution in [0.1, 0.15) is 31.9 Å². The second-order valence-corrected chi connectivity index (χ2v) is 10.3. The van der Waals surface area contributed by atoms with Crippen LogP contribution in [0.3, 0.4) is 0 Å². The lowest BCUT2D eigenvalue weighted by molar-refractivity contribution is 0.112. The first-order valence-corrected chi connectivity index (χ1v) is 11.8. The molecule has 1 aromatic heterocycles. The molecule has 8 heteroatoms. The Morgan fingerprint density at radius 3 is 2.36 bits per heavy atom. The molecule has 0 spiro atoms. The molecular weight excluding hydrogens is 398 g/mol. The summed E-state index contributed by atoms with van der Waals surface area (Å²) in [6, 6.07) is 9.91. The van der Waals surface area contributed by atoms with Crippen LogP contribution in [0.15, 0.2) is 45.5 Å². The summed E-state index contributed by atoms with van der Waals surface area (Å²) in [6.45, 7) is 3.89. The molecule has 3 atom stereocenters. The first-order chi connectivity index (χ1) is 11.8. The van der Waals surface area contributed by atoms with Crippen molar-refractivity contribution in [3.8, 4) is 0 Å². The van der Waals surface area contributed by atoms with Gasteiger partial charge in [0.2, 0.25) is 10.0 Å². The molecule has 2 N–H and O–H groups in total. The third-order valence-electron chi connectivity index (χ3n) is 4.16. The van der Waals surface area contributed by atoms with Gasteiger partial charge < -0.3 is 5.11 Å². The lowest BCUT2D eigenvalue weighted by Crippen LogP contribution is -2.43. The third kappa shape index (κ3) is 5.21. The van der Waals surface area contributed by atoms with Crippen molar-refractivity contribution in [2.24, 2.45) is 5.92 Å². The van der Waals surface area contributed by atoms with Crippen LogP contribution in [0.5, 0.6) is 0 Å². The van der Waals surface area contributed by atoms with Gasteiger partial charge in [0.05, 0.1) is 16.5 Å². The number of hydrogen-bond donors (Lipinski definition) is 2. The fourth-order valence-electron chi connectivity index (χ4n) is 2.43. The highest BCUT2D eigenvalue weighted by Crippen LogP contribution is 2.30. The summed E-state index contributed by atoms with van der Waals surface area (Å²) in [5.74, 6) is -0.0413. The fraction of sp³-hybridized carbons (Fsp3) is 0.412. The summed E-state index contributed by atoms with van der Waals surface area (Å²) in [4.78, 5) is 1.09. The highest BCUT2D eigenvalue weighted by molar-refractivity contribution is 7.98. The van der Waals surface area contributed by atoms with Crippen LogP contribution < -0.4 is 4.72 Å². The molecule has 0 bridgehead atoms. The minimum atomic E-state index is -3.74. The van der Waals surface area contributed by atoms with Crippen LogP contribution in [0.25, 0.3) is 0 Å². The average molecular weight is 420 g/mol. The van der Waals surface area contributed by atoms with E-state index in [2.05, 4.69) is 4.72 Å². The van der Waals surface area contributed by atoms with Crippen LogP contribution >= 0.6 is 34.7 Å². The Labute approximate surface area is 162 Å². The zero-order valence-corrected chi connectivity index (χ0v) is 17.5. The summed E-state index contributed by atoms with van der Waals surface area (Å²) in [5, 5.41) is 10.8. The smallest absolute Gasteiger partial charge is 0.250 e. The summed E-state index contributed by atoms with van der Waals surface area (Å²) in [6.07, 6.45) is 1.78. The van der Waals surface area contributed by atoms with Crippen molar-refractivity contribution in [3.05, 3.63) is 46.3 Å². The number of sulfonamides is 1.